The molecule has 0 aliphatic heterocycles. The molecule has 2 heteroatoms. The van der Waals surface area contributed by atoms with Crippen molar-refractivity contribution in [1.82, 2.24) is 4.98 Å². The summed E-state index contributed by atoms with van der Waals surface area (Å²) in [7, 11) is 0. The summed E-state index contributed by atoms with van der Waals surface area (Å²) in [4.78, 5) is 7.12. The zero-order chi connectivity index (χ0) is 14.3. The first-order valence-electron chi connectivity index (χ1n) is 8.15. The molecule has 1 saturated carbocycles. The summed E-state index contributed by atoms with van der Waals surface area (Å²) >= 11 is 0. The number of aromatic nitrogens is 1. The average molecular weight is 280 g/mol. The van der Waals surface area contributed by atoms with Gasteiger partial charge in [-0.05, 0) is 30.5 Å². The van der Waals surface area contributed by atoms with Crippen LogP contribution in [0.4, 0.5) is 5.82 Å². The predicted octanol–water partition coefficient (Wildman–Crippen LogP) is 4.81. The van der Waals surface area contributed by atoms with E-state index in [1.165, 1.54) is 44.1 Å². The van der Waals surface area contributed by atoms with Crippen LogP contribution in [0.25, 0.3) is 0 Å². The summed E-state index contributed by atoms with van der Waals surface area (Å²) in [5.41, 5.74) is 1.37. The first-order valence-corrected chi connectivity index (χ1v) is 8.15. The maximum absolute atomic E-state index is 4.61. The molecule has 0 unspecified atom stereocenters. The fraction of sp³-hybridized carbons (Fsp3) is 0.421. The minimum Gasteiger partial charge on any atom is -0.349 e. The number of hydrogen-bond donors (Lipinski definition) is 0. The van der Waals surface area contributed by atoms with Gasteiger partial charge in [0.25, 0.3) is 0 Å². The molecule has 0 atom stereocenters. The van der Waals surface area contributed by atoms with Gasteiger partial charge in [0.15, 0.2) is 0 Å². The van der Waals surface area contributed by atoms with E-state index in [2.05, 4.69) is 52.3 Å². The van der Waals surface area contributed by atoms with Gasteiger partial charge in [-0.1, -0.05) is 62.1 Å². The van der Waals surface area contributed by atoms with Crippen LogP contribution >= 0.6 is 0 Å². The van der Waals surface area contributed by atoms with Crippen LogP contribution in [-0.4, -0.2) is 11.0 Å². The number of anilines is 1. The Morgan fingerprint density at radius 1 is 0.857 bits per heavy atom. The van der Waals surface area contributed by atoms with Gasteiger partial charge < -0.3 is 4.90 Å². The minimum atomic E-state index is 0.627. The van der Waals surface area contributed by atoms with Crippen molar-refractivity contribution in [2.75, 3.05) is 4.90 Å². The summed E-state index contributed by atoms with van der Waals surface area (Å²) in [5, 5.41) is 0. The van der Waals surface area contributed by atoms with Gasteiger partial charge in [-0.15, -0.1) is 0 Å². The van der Waals surface area contributed by atoms with Crippen LogP contribution in [-0.2, 0) is 6.54 Å². The van der Waals surface area contributed by atoms with E-state index in [0.29, 0.717) is 6.04 Å². The molecule has 1 aliphatic rings. The van der Waals surface area contributed by atoms with Gasteiger partial charge in [0.2, 0.25) is 0 Å². The number of rotatable bonds is 4. The van der Waals surface area contributed by atoms with Crippen LogP contribution in [0.1, 0.15) is 44.1 Å². The van der Waals surface area contributed by atoms with E-state index < -0.39 is 0 Å². The van der Waals surface area contributed by atoms with E-state index >= 15 is 0 Å². The largest absolute Gasteiger partial charge is 0.349 e. The quantitative estimate of drug-likeness (QED) is 0.747. The van der Waals surface area contributed by atoms with E-state index in [9.17, 15) is 0 Å². The summed E-state index contributed by atoms with van der Waals surface area (Å²) in [6.07, 6.45) is 9.97. The van der Waals surface area contributed by atoms with Gasteiger partial charge in [-0.25, -0.2) is 4.98 Å². The Hall–Kier alpha value is -1.83. The van der Waals surface area contributed by atoms with Crippen molar-refractivity contribution >= 4 is 5.82 Å². The minimum absolute atomic E-state index is 0.627. The second-order valence-corrected chi connectivity index (χ2v) is 5.95. The van der Waals surface area contributed by atoms with Crippen molar-refractivity contribution in [3.8, 4) is 0 Å². The molecule has 0 bridgehead atoms. The fourth-order valence-electron chi connectivity index (χ4n) is 3.27. The first-order chi connectivity index (χ1) is 10.4. The van der Waals surface area contributed by atoms with Gasteiger partial charge in [0.1, 0.15) is 5.82 Å². The molecular weight excluding hydrogens is 256 g/mol. The van der Waals surface area contributed by atoms with Crippen molar-refractivity contribution in [3.63, 3.8) is 0 Å². The highest BCUT2D eigenvalue weighted by Crippen LogP contribution is 2.27. The Morgan fingerprint density at radius 3 is 2.24 bits per heavy atom. The number of benzene rings is 1. The summed E-state index contributed by atoms with van der Waals surface area (Å²) in [6, 6.07) is 17.6. The normalized spacial score (nSPS) is 16.4. The molecule has 2 aromatic rings. The van der Waals surface area contributed by atoms with Crippen LogP contribution in [0, 0.1) is 0 Å². The molecule has 2 nitrogen and oxygen atoms in total. The zero-order valence-corrected chi connectivity index (χ0v) is 12.6. The Balaban J connectivity index is 1.83. The SMILES string of the molecule is c1ccc(CN(c2ccccn2)C2CCCCCC2)cc1. The molecule has 1 aliphatic carbocycles. The highest BCUT2D eigenvalue weighted by Gasteiger charge is 2.21. The third-order valence-electron chi connectivity index (χ3n) is 4.40. The fourth-order valence-corrected chi connectivity index (χ4v) is 3.27. The zero-order valence-electron chi connectivity index (χ0n) is 12.6. The number of nitrogens with zero attached hydrogens (tertiary/aromatic N) is 2. The average Bonchev–Trinajstić information content (AvgIpc) is 2.84. The predicted molar refractivity (Wildman–Crippen MR) is 88.4 cm³/mol. The molecule has 0 saturated heterocycles. The van der Waals surface area contributed by atoms with Crippen LogP contribution in [0.2, 0.25) is 0 Å². The molecule has 3 rings (SSSR count). The molecule has 1 aromatic carbocycles. The highest BCUT2D eigenvalue weighted by atomic mass is 15.2. The van der Waals surface area contributed by atoms with E-state index in [-0.39, 0.29) is 0 Å². The van der Waals surface area contributed by atoms with Gasteiger partial charge >= 0.3 is 0 Å². The molecule has 1 heterocycles. The van der Waals surface area contributed by atoms with Crippen LogP contribution in [0.15, 0.2) is 54.7 Å². The second kappa shape index (κ2) is 7.26. The molecule has 1 fully saturated rings. The third kappa shape index (κ3) is 3.84. The second-order valence-electron chi connectivity index (χ2n) is 5.95. The molecule has 1 aromatic heterocycles. The molecule has 21 heavy (non-hydrogen) atoms. The van der Waals surface area contributed by atoms with Crippen molar-refractivity contribution in [1.29, 1.82) is 0 Å². The molecule has 0 amide bonds. The maximum atomic E-state index is 4.61. The lowest BCUT2D eigenvalue weighted by molar-refractivity contribution is 0.518. The van der Waals surface area contributed by atoms with Crippen molar-refractivity contribution < 1.29 is 0 Å². The Morgan fingerprint density at radius 2 is 1.57 bits per heavy atom. The smallest absolute Gasteiger partial charge is 0.129 e. The van der Waals surface area contributed by atoms with E-state index in [4.69, 9.17) is 0 Å². The van der Waals surface area contributed by atoms with E-state index in [0.717, 1.165) is 12.4 Å². The van der Waals surface area contributed by atoms with Crippen LogP contribution in [0.3, 0.4) is 0 Å². The van der Waals surface area contributed by atoms with Crippen LogP contribution in [0.5, 0.6) is 0 Å². The Bertz CT molecular complexity index is 516. The summed E-state index contributed by atoms with van der Waals surface area (Å²) in [6.45, 7) is 0.961. The molecule has 110 valence electrons. The third-order valence-corrected chi connectivity index (χ3v) is 4.40. The lowest BCUT2D eigenvalue weighted by Crippen LogP contribution is -2.35. The summed E-state index contributed by atoms with van der Waals surface area (Å²) < 4.78 is 0. The van der Waals surface area contributed by atoms with Crippen LogP contribution < -0.4 is 4.90 Å². The van der Waals surface area contributed by atoms with Gasteiger partial charge in [-0.3, -0.25) is 0 Å². The van der Waals surface area contributed by atoms with Gasteiger partial charge in [0.05, 0.1) is 0 Å². The standard InChI is InChI=1S/C19H24N2/c1-2-7-13-18(12-6-1)21(19-14-8-9-15-20-19)16-17-10-4-3-5-11-17/h3-5,8-11,14-15,18H,1-2,6-7,12-13,16H2. The molecular formula is C19H24N2. The Kier molecular flexibility index (Phi) is 4.88. The first kappa shape index (κ1) is 14.1. The molecule has 0 radical (unpaired) electrons. The molecule has 0 N–H and O–H groups in total. The van der Waals surface area contributed by atoms with Crippen molar-refractivity contribution in [3.05, 3.63) is 60.3 Å². The van der Waals surface area contributed by atoms with Gasteiger partial charge in [-0.2, -0.15) is 0 Å². The van der Waals surface area contributed by atoms with Crippen molar-refractivity contribution in [2.24, 2.45) is 0 Å². The number of hydrogen-bond acceptors (Lipinski definition) is 2. The lowest BCUT2D eigenvalue weighted by atomic mass is 10.1. The van der Waals surface area contributed by atoms with E-state index in [1.807, 2.05) is 12.3 Å². The summed E-state index contributed by atoms with van der Waals surface area (Å²) in [5.74, 6) is 1.12. The monoisotopic (exact) mass is 280 g/mol. The Labute approximate surface area is 127 Å². The van der Waals surface area contributed by atoms with Crippen molar-refractivity contribution in [2.45, 2.75) is 51.1 Å². The van der Waals surface area contributed by atoms with Gasteiger partial charge in [0, 0.05) is 18.8 Å². The molecule has 0 spiro atoms. The van der Waals surface area contributed by atoms with E-state index in [1.54, 1.807) is 0 Å². The lowest BCUT2D eigenvalue weighted by Gasteiger charge is -2.32. The highest BCUT2D eigenvalue weighted by molar-refractivity contribution is 5.40. The maximum Gasteiger partial charge on any atom is 0.129 e. The topological polar surface area (TPSA) is 16.1 Å². The number of pyridine rings is 1.